The molecule has 0 radical (unpaired) electrons. The molecule has 1 aliphatic carbocycles. The van der Waals surface area contributed by atoms with Crippen LogP contribution in [0, 0.1) is 5.92 Å². The molecule has 5 rings (SSSR count). The number of nitrogens with zero attached hydrogens (tertiary/aromatic N) is 4. The van der Waals surface area contributed by atoms with Crippen LogP contribution in [-0.4, -0.2) is 93.1 Å². The fourth-order valence-corrected chi connectivity index (χ4v) is 8.32. The molecule has 0 spiro atoms. The lowest BCUT2D eigenvalue weighted by Crippen LogP contribution is -2.61. The van der Waals surface area contributed by atoms with E-state index >= 15 is 0 Å². The minimum absolute atomic E-state index is 0.00203. The molecule has 3 amide bonds. The number of rotatable bonds is 8. The molecule has 4 atom stereocenters. The van der Waals surface area contributed by atoms with Crippen LogP contribution in [0.4, 0.5) is 4.79 Å². The fraction of sp³-hybridized carbons (Fsp3) is 0.618. The molecule has 3 aliphatic rings. The van der Waals surface area contributed by atoms with E-state index in [4.69, 9.17) is 9.72 Å². The van der Waals surface area contributed by atoms with E-state index in [1.165, 1.54) is 16.2 Å². The molecule has 1 saturated carbocycles. The number of hydrogen-bond donors (Lipinski definition) is 1. The number of hydrogen-bond acceptors (Lipinski definition) is 9. The van der Waals surface area contributed by atoms with E-state index in [-0.39, 0.29) is 34.9 Å². The highest BCUT2D eigenvalue weighted by molar-refractivity contribution is 8.14. The van der Waals surface area contributed by atoms with Gasteiger partial charge in [-0.05, 0) is 89.7 Å². The quantitative estimate of drug-likeness (QED) is 0.354. The van der Waals surface area contributed by atoms with Crippen molar-refractivity contribution in [2.45, 2.75) is 107 Å². The van der Waals surface area contributed by atoms with Gasteiger partial charge in [-0.3, -0.25) is 24.2 Å². The number of benzene rings is 1. The second kappa shape index (κ2) is 14.9. The molecule has 12 heteroatoms. The zero-order valence-electron chi connectivity index (χ0n) is 27.6. The Labute approximate surface area is 280 Å². The number of piperazine rings is 1. The van der Waals surface area contributed by atoms with Gasteiger partial charge in [0, 0.05) is 36.5 Å². The number of nitrogens with one attached hydrogen (secondary N) is 1. The minimum atomic E-state index is -0.828. The molecule has 46 heavy (non-hydrogen) atoms. The number of thiazole rings is 1. The van der Waals surface area contributed by atoms with Gasteiger partial charge in [-0.1, -0.05) is 37.5 Å². The largest absolute Gasteiger partial charge is 0.444 e. The number of ether oxygens (including phenoxy) is 1. The molecule has 2 aliphatic heterocycles. The number of thioether (sulfide) groups is 1. The average Bonchev–Trinajstić information content (AvgIpc) is 3.72. The maximum absolute atomic E-state index is 14.7. The normalized spacial score (nSPS) is 22.1. The van der Waals surface area contributed by atoms with E-state index in [0.717, 1.165) is 73.2 Å². The van der Waals surface area contributed by atoms with Crippen LogP contribution in [0.15, 0.2) is 40.6 Å². The van der Waals surface area contributed by atoms with Crippen molar-refractivity contribution in [3.8, 4) is 0 Å². The predicted octanol–water partition coefficient (Wildman–Crippen LogP) is 5.74. The Balaban J connectivity index is 1.37. The van der Waals surface area contributed by atoms with Gasteiger partial charge in [-0.25, -0.2) is 9.78 Å². The Bertz CT molecular complexity index is 1390. The van der Waals surface area contributed by atoms with Gasteiger partial charge in [0.2, 0.25) is 16.9 Å². The highest BCUT2D eigenvalue weighted by Crippen LogP contribution is 2.37. The molecule has 0 unspecified atom stereocenters. The van der Waals surface area contributed by atoms with Gasteiger partial charge in [0.15, 0.2) is 0 Å². The Morgan fingerprint density at radius 1 is 1.04 bits per heavy atom. The summed E-state index contributed by atoms with van der Waals surface area (Å²) in [5, 5.41) is 5.50. The first kappa shape index (κ1) is 34.4. The molecule has 3 fully saturated rings. The lowest BCUT2D eigenvalue weighted by molar-refractivity contribution is -0.144. The smallest absolute Gasteiger partial charge is 0.410 e. The van der Waals surface area contributed by atoms with Crippen molar-refractivity contribution < 1.29 is 23.9 Å². The highest BCUT2D eigenvalue weighted by Gasteiger charge is 2.44. The van der Waals surface area contributed by atoms with Crippen molar-refractivity contribution in [1.82, 2.24) is 25.0 Å². The SMILES string of the molecule is C[C@@H](C(=O)N[C@H](C(=O)N1C[C@H]2CCCN2C[C@H]1c1nc(C(=O)Sc2ccccc2)cs1)C1CCCCC1)N(C)C(=O)OC(C)(C)C. The number of aromatic nitrogens is 1. The lowest BCUT2D eigenvalue weighted by atomic mass is 9.82. The number of likely N-dealkylation sites (N-methyl/N-ethyl adjacent to an activating group) is 1. The first-order chi connectivity index (χ1) is 21.9. The van der Waals surface area contributed by atoms with Gasteiger partial charge >= 0.3 is 6.09 Å². The van der Waals surface area contributed by atoms with Gasteiger partial charge < -0.3 is 15.0 Å². The van der Waals surface area contributed by atoms with Crippen LogP contribution in [0.25, 0.3) is 0 Å². The average molecular weight is 670 g/mol. The molecule has 1 aromatic carbocycles. The summed E-state index contributed by atoms with van der Waals surface area (Å²) < 4.78 is 5.49. The maximum atomic E-state index is 14.7. The van der Waals surface area contributed by atoms with Crippen molar-refractivity contribution in [1.29, 1.82) is 0 Å². The van der Waals surface area contributed by atoms with Crippen LogP contribution in [0.3, 0.4) is 0 Å². The van der Waals surface area contributed by atoms with E-state index in [0.29, 0.717) is 18.8 Å². The summed E-state index contributed by atoms with van der Waals surface area (Å²) in [6.07, 6.45) is 6.34. The topological polar surface area (TPSA) is 112 Å². The van der Waals surface area contributed by atoms with Crippen molar-refractivity contribution in [3.05, 3.63) is 46.4 Å². The van der Waals surface area contributed by atoms with Crippen molar-refractivity contribution in [2.24, 2.45) is 5.92 Å². The van der Waals surface area contributed by atoms with Gasteiger partial charge in [0.1, 0.15) is 28.4 Å². The summed E-state index contributed by atoms with van der Waals surface area (Å²) >= 11 is 2.57. The van der Waals surface area contributed by atoms with Crippen LogP contribution in [0.5, 0.6) is 0 Å². The molecule has 1 aromatic heterocycles. The predicted molar refractivity (Wildman–Crippen MR) is 180 cm³/mol. The van der Waals surface area contributed by atoms with Gasteiger partial charge in [-0.2, -0.15) is 0 Å². The third-order valence-corrected chi connectivity index (χ3v) is 11.1. The molecule has 2 aromatic rings. The molecule has 250 valence electrons. The number of fused-ring (bicyclic) bond motifs is 1. The Hall–Kier alpha value is -2.96. The van der Waals surface area contributed by atoms with Gasteiger partial charge in [0.05, 0.1) is 6.04 Å². The Morgan fingerprint density at radius 3 is 2.46 bits per heavy atom. The van der Waals surface area contributed by atoms with Crippen LogP contribution in [0.1, 0.15) is 94.2 Å². The van der Waals surface area contributed by atoms with Crippen molar-refractivity contribution in [2.75, 3.05) is 26.7 Å². The molecule has 1 N–H and O–H groups in total. The van der Waals surface area contributed by atoms with E-state index in [2.05, 4.69) is 10.2 Å². The first-order valence-corrected chi connectivity index (χ1v) is 18.1. The third-order valence-electron chi connectivity index (χ3n) is 9.27. The van der Waals surface area contributed by atoms with E-state index in [1.807, 2.05) is 35.2 Å². The van der Waals surface area contributed by atoms with Crippen LogP contribution in [0.2, 0.25) is 0 Å². The molecule has 10 nitrogen and oxygen atoms in total. The second-order valence-corrected chi connectivity index (χ2v) is 15.7. The summed E-state index contributed by atoms with van der Waals surface area (Å²) in [5.41, 5.74) is -0.305. The molecular formula is C34H47N5O5S2. The van der Waals surface area contributed by atoms with E-state index < -0.39 is 23.8 Å². The molecular weight excluding hydrogens is 623 g/mol. The Kier molecular flexibility index (Phi) is 11.1. The molecule has 3 heterocycles. The third kappa shape index (κ3) is 8.30. The maximum Gasteiger partial charge on any atom is 0.410 e. The van der Waals surface area contributed by atoms with Crippen molar-refractivity contribution in [3.63, 3.8) is 0 Å². The van der Waals surface area contributed by atoms with Crippen molar-refractivity contribution >= 4 is 46.1 Å². The number of amides is 3. The number of carbonyl (C=O) groups excluding carboxylic acids is 4. The van der Waals surface area contributed by atoms with Crippen LogP contribution in [-0.2, 0) is 14.3 Å². The standard InChI is InChI=1S/C34H47N5O5S2/c1-22(37(5)33(43)44-34(2,3)4)29(40)36-28(23-13-8-6-9-14-23)31(41)39-19-24-15-12-18-38(24)20-27(39)30-35-26(21-45-30)32(42)46-25-16-10-7-11-17-25/h7,10-11,16-17,21-24,27-28H,6,8-9,12-15,18-20H2,1-5H3,(H,36,40)/t22-,24+,27-,28-/m0/s1. The zero-order chi connectivity index (χ0) is 33.0. The lowest BCUT2D eigenvalue weighted by Gasteiger charge is -2.45. The minimum Gasteiger partial charge on any atom is -0.444 e. The van der Waals surface area contributed by atoms with E-state index in [9.17, 15) is 19.2 Å². The summed E-state index contributed by atoms with van der Waals surface area (Å²) in [4.78, 5) is 65.5. The monoisotopic (exact) mass is 669 g/mol. The summed E-state index contributed by atoms with van der Waals surface area (Å²) in [6, 6.07) is 7.91. The molecule has 2 saturated heterocycles. The van der Waals surface area contributed by atoms with Gasteiger partial charge in [-0.15, -0.1) is 11.3 Å². The first-order valence-electron chi connectivity index (χ1n) is 16.4. The van der Waals surface area contributed by atoms with Gasteiger partial charge in [0.25, 0.3) is 0 Å². The highest BCUT2D eigenvalue weighted by atomic mass is 32.2. The van der Waals surface area contributed by atoms with E-state index in [1.54, 1.807) is 40.1 Å². The number of carbonyl (C=O) groups is 4. The van der Waals surface area contributed by atoms with Crippen LogP contribution < -0.4 is 5.32 Å². The zero-order valence-corrected chi connectivity index (χ0v) is 29.2. The van der Waals surface area contributed by atoms with Crippen LogP contribution >= 0.6 is 23.1 Å². The molecule has 0 bridgehead atoms. The summed E-state index contributed by atoms with van der Waals surface area (Å²) in [6.45, 7) is 9.18. The fourth-order valence-electron chi connectivity index (χ4n) is 6.62. The summed E-state index contributed by atoms with van der Waals surface area (Å²) in [5.74, 6) is -0.485. The second-order valence-electron chi connectivity index (χ2n) is 13.7. The summed E-state index contributed by atoms with van der Waals surface area (Å²) in [7, 11) is 1.54. The Morgan fingerprint density at radius 2 is 1.76 bits per heavy atom.